The van der Waals surface area contributed by atoms with Crippen molar-refractivity contribution < 1.29 is 9.53 Å². The Morgan fingerprint density at radius 3 is 2.53 bits per heavy atom. The zero-order valence-electron chi connectivity index (χ0n) is 13.0. The van der Waals surface area contributed by atoms with E-state index in [0.29, 0.717) is 0 Å². The lowest BCUT2D eigenvalue weighted by Crippen LogP contribution is -2.52. The van der Waals surface area contributed by atoms with Crippen LogP contribution in [0.4, 0.5) is 0 Å². The summed E-state index contributed by atoms with van der Waals surface area (Å²) in [6, 6.07) is 0. The Morgan fingerprint density at radius 1 is 1.42 bits per heavy atom. The van der Waals surface area contributed by atoms with E-state index in [-0.39, 0.29) is 5.97 Å². The van der Waals surface area contributed by atoms with E-state index in [4.69, 9.17) is 4.74 Å². The van der Waals surface area contributed by atoms with E-state index in [1.807, 2.05) is 13.8 Å². The minimum absolute atomic E-state index is 0.158. The van der Waals surface area contributed by atoms with E-state index in [9.17, 15) is 4.79 Å². The lowest BCUT2D eigenvalue weighted by molar-refractivity contribution is -0.148. The maximum atomic E-state index is 11.9. The van der Waals surface area contributed by atoms with E-state index >= 15 is 0 Å². The van der Waals surface area contributed by atoms with E-state index in [1.165, 1.54) is 32.9 Å². The van der Waals surface area contributed by atoms with Gasteiger partial charge in [-0.1, -0.05) is 20.3 Å². The first-order valence-electron chi connectivity index (χ1n) is 7.61. The average molecular weight is 270 g/mol. The van der Waals surface area contributed by atoms with Gasteiger partial charge in [-0.3, -0.25) is 4.79 Å². The number of hydrogen-bond acceptors (Lipinski definition) is 4. The summed E-state index contributed by atoms with van der Waals surface area (Å²) in [4.78, 5) is 14.4. The smallest absolute Gasteiger partial charge is 0.325 e. The molecule has 0 spiro atoms. The first kappa shape index (κ1) is 16.4. The van der Waals surface area contributed by atoms with Crippen LogP contribution in [0.25, 0.3) is 0 Å². The Hall–Kier alpha value is -0.610. The van der Waals surface area contributed by atoms with Crippen molar-refractivity contribution in [3.05, 3.63) is 0 Å². The van der Waals surface area contributed by atoms with Crippen molar-refractivity contribution in [2.75, 3.05) is 33.3 Å². The number of carbonyl (C=O) groups excluding carboxylic acids is 1. The van der Waals surface area contributed by atoms with E-state index in [1.54, 1.807) is 0 Å². The summed E-state index contributed by atoms with van der Waals surface area (Å²) in [6.45, 7) is 10.1. The molecule has 112 valence electrons. The second-order valence-electron chi connectivity index (χ2n) is 5.79. The summed E-state index contributed by atoms with van der Waals surface area (Å²) in [5.74, 6) is 0.720. The van der Waals surface area contributed by atoms with Gasteiger partial charge in [-0.15, -0.1) is 0 Å². The molecule has 0 aromatic rings. The molecule has 1 atom stereocenters. The van der Waals surface area contributed by atoms with Gasteiger partial charge in [0.25, 0.3) is 0 Å². The predicted molar refractivity (Wildman–Crippen MR) is 78.2 cm³/mol. The molecule has 1 rings (SSSR count). The van der Waals surface area contributed by atoms with E-state index in [0.717, 1.165) is 32.0 Å². The maximum absolute atomic E-state index is 11.9. The van der Waals surface area contributed by atoms with Crippen molar-refractivity contribution in [3.63, 3.8) is 0 Å². The fraction of sp³-hybridized carbons (Fsp3) is 0.933. The molecular weight excluding hydrogens is 240 g/mol. The summed E-state index contributed by atoms with van der Waals surface area (Å²) >= 11 is 0. The van der Waals surface area contributed by atoms with Gasteiger partial charge in [-0.25, -0.2) is 0 Å². The SMILES string of the molecule is CCNC(C)(CCN(CC)CC1CCC1)C(=O)OC. The Labute approximate surface area is 117 Å². The van der Waals surface area contributed by atoms with Gasteiger partial charge in [0, 0.05) is 13.1 Å². The van der Waals surface area contributed by atoms with Crippen LogP contribution in [0, 0.1) is 5.92 Å². The summed E-state index contributed by atoms with van der Waals surface area (Å²) in [6.07, 6.45) is 4.93. The van der Waals surface area contributed by atoms with Gasteiger partial charge >= 0.3 is 5.97 Å². The van der Waals surface area contributed by atoms with Crippen LogP contribution < -0.4 is 5.32 Å². The van der Waals surface area contributed by atoms with Gasteiger partial charge in [0.15, 0.2) is 0 Å². The molecule has 1 aliphatic rings. The van der Waals surface area contributed by atoms with Gasteiger partial charge in [-0.05, 0) is 45.2 Å². The molecule has 1 fully saturated rings. The number of rotatable bonds is 9. The molecule has 1 aliphatic carbocycles. The second kappa shape index (κ2) is 7.85. The van der Waals surface area contributed by atoms with Gasteiger partial charge in [0.2, 0.25) is 0 Å². The molecule has 1 saturated carbocycles. The summed E-state index contributed by atoms with van der Waals surface area (Å²) in [5, 5.41) is 3.27. The third-order valence-corrected chi connectivity index (χ3v) is 4.32. The van der Waals surface area contributed by atoms with Crippen molar-refractivity contribution in [1.82, 2.24) is 10.2 Å². The van der Waals surface area contributed by atoms with E-state index < -0.39 is 5.54 Å². The number of nitrogens with zero attached hydrogens (tertiary/aromatic N) is 1. The van der Waals surface area contributed by atoms with E-state index in [2.05, 4.69) is 17.1 Å². The summed E-state index contributed by atoms with van der Waals surface area (Å²) < 4.78 is 4.93. The topological polar surface area (TPSA) is 41.6 Å². The highest BCUT2D eigenvalue weighted by Gasteiger charge is 2.33. The number of hydrogen-bond donors (Lipinski definition) is 1. The highest BCUT2D eigenvalue weighted by Crippen LogP contribution is 2.27. The van der Waals surface area contributed by atoms with Crippen LogP contribution in [0.2, 0.25) is 0 Å². The summed E-state index contributed by atoms with van der Waals surface area (Å²) in [5.41, 5.74) is -0.559. The maximum Gasteiger partial charge on any atom is 0.325 e. The summed E-state index contributed by atoms with van der Waals surface area (Å²) in [7, 11) is 1.46. The Morgan fingerprint density at radius 2 is 2.11 bits per heavy atom. The lowest BCUT2D eigenvalue weighted by Gasteiger charge is -2.34. The highest BCUT2D eigenvalue weighted by molar-refractivity contribution is 5.80. The molecule has 4 heteroatoms. The molecule has 0 aromatic heterocycles. The Balaban J connectivity index is 2.45. The molecule has 1 unspecified atom stereocenters. The van der Waals surface area contributed by atoms with Crippen LogP contribution in [0.15, 0.2) is 0 Å². The van der Waals surface area contributed by atoms with Gasteiger partial charge in [0.1, 0.15) is 5.54 Å². The molecule has 0 aliphatic heterocycles. The average Bonchev–Trinajstić information content (AvgIpc) is 2.36. The Bertz CT molecular complexity index is 279. The van der Waals surface area contributed by atoms with Crippen LogP contribution in [-0.2, 0) is 9.53 Å². The first-order valence-corrected chi connectivity index (χ1v) is 7.61. The highest BCUT2D eigenvalue weighted by atomic mass is 16.5. The number of carbonyl (C=O) groups is 1. The zero-order chi connectivity index (χ0) is 14.3. The predicted octanol–water partition coefficient (Wildman–Crippen LogP) is 2.04. The number of likely N-dealkylation sites (N-methyl/N-ethyl adjacent to an activating group) is 1. The van der Waals surface area contributed by atoms with Gasteiger partial charge in [0.05, 0.1) is 7.11 Å². The van der Waals surface area contributed by atoms with Gasteiger partial charge < -0.3 is 15.0 Å². The monoisotopic (exact) mass is 270 g/mol. The standard InChI is InChI=1S/C15H30N2O2/c1-5-16-15(3,14(18)19-4)10-11-17(6-2)12-13-8-7-9-13/h13,16H,5-12H2,1-4H3. The van der Waals surface area contributed by atoms with Crippen LogP contribution >= 0.6 is 0 Å². The van der Waals surface area contributed by atoms with Crippen LogP contribution in [0.3, 0.4) is 0 Å². The van der Waals surface area contributed by atoms with Crippen molar-refractivity contribution >= 4 is 5.97 Å². The van der Waals surface area contributed by atoms with Crippen molar-refractivity contribution in [2.45, 2.75) is 52.0 Å². The largest absolute Gasteiger partial charge is 0.468 e. The molecule has 0 amide bonds. The number of esters is 1. The molecule has 4 nitrogen and oxygen atoms in total. The van der Waals surface area contributed by atoms with Gasteiger partial charge in [-0.2, -0.15) is 0 Å². The van der Waals surface area contributed by atoms with Crippen LogP contribution in [0.5, 0.6) is 0 Å². The zero-order valence-corrected chi connectivity index (χ0v) is 13.0. The molecule has 0 bridgehead atoms. The second-order valence-corrected chi connectivity index (χ2v) is 5.79. The minimum Gasteiger partial charge on any atom is -0.468 e. The molecular formula is C15H30N2O2. The number of ether oxygens (including phenoxy) is 1. The molecule has 0 radical (unpaired) electrons. The van der Waals surface area contributed by atoms with Crippen molar-refractivity contribution in [3.8, 4) is 0 Å². The molecule has 0 heterocycles. The molecule has 19 heavy (non-hydrogen) atoms. The van der Waals surface area contributed by atoms with Crippen molar-refractivity contribution in [2.24, 2.45) is 5.92 Å². The number of methoxy groups -OCH3 is 1. The molecule has 1 N–H and O–H groups in total. The lowest BCUT2D eigenvalue weighted by atomic mass is 9.85. The Kier molecular flexibility index (Phi) is 6.80. The quantitative estimate of drug-likeness (QED) is 0.651. The minimum atomic E-state index is -0.559. The van der Waals surface area contributed by atoms with Crippen molar-refractivity contribution in [1.29, 1.82) is 0 Å². The van der Waals surface area contributed by atoms with Crippen LogP contribution in [-0.4, -0.2) is 49.7 Å². The normalized spacial score (nSPS) is 19.0. The third-order valence-electron chi connectivity index (χ3n) is 4.32. The molecule has 0 aromatic carbocycles. The fourth-order valence-electron chi connectivity index (χ4n) is 2.68. The third kappa shape index (κ3) is 4.77. The fourth-order valence-corrected chi connectivity index (χ4v) is 2.68. The van der Waals surface area contributed by atoms with Crippen LogP contribution in [0.1, 0.15) is 46.5 Å². The number of nitrogens with one attached hydrogen (secondary N) is 1. The first-order chi connectivity index (χ1) is 9.05. The molecule has 0 saturated heterocycles.